The van der Waals surface area contributed by atoms with E-state index in [1.807, 2.05) is 84.9 Å². The van der Waals surface area contributed by atoms with Crippen LogP contribution in [0.1, 0.15) is 64.2 Å². The summed E-state index contributed by atoms with van der Waals surface area (Å²) in [4.78, 5) is 35.8. The van der Waals surface area contributed by atoms with E-state index in [4.69, 9.17) is 9.97 Å². The monoisotopic (exact) mass is 558 g/mol. The Hall–Kier alpha value is -4.32. The van der Waals surface area contributed by atoms with E-state index in [-0.39, 0.29) is 23.7 Å². The first-order valence-electron chi connectivity index (χ1n) is 15.4. The molecule has 0 bridgehead atoms. The minimum Gasteiger partial charge on any atom is -0.326 e. The lowest BCUT2D eigenvalue weighted by Gasteiger charge is -2.21. The number of nitrogens with one attached hydrogen (secondary N) is 2. The number of rotatable bonds is 7. The minimum atomic E-state index is 0.0867. The van der Waals surface area contributed by atoms with Gasteiger partial charge in [-0.25, -0.2) is 9.97 Å². The Morgan fingerprint density at radius 3 is 1.45 bits per heavy atom. The van der Waals surface area contributed by atoms with Crippen LogP contribution in [0.4, 0.5) is 11.4 Å². The highest BCUT2D eigenvalue weighted by Gasteiger charge is 2.22. The van der Waals surface area contributed by atoms with Crippen molar-refractivity contribution in [1.82, 2.24) is 9.97 Å². The minimum absolute atomic E-state index is 0.0867. The second-order valence-corrected chi connectivity index (χ2v) is 11.6. The van der Waals surface area contributed by atoms with Gasteiger partial charge in [0.15, 0.2) is 5.82 Å². The summed E-state index contributed by atoms with van der Waals surface area (Å²) in [5, 5.41) is 6.29. The lowest BCUT2D eigenvalue weighted by Crippen LogP contribution is -2.24. The maximum Gasteiger partial charge on any atom is 0.227 e. The topological polar surface area (TPSA) is 84.0 Å². The van der Waals surface area contributed by atoms with Crippen molar-refractivity contribution in [2.45, 2.75) is 64.2 Å². The average molecular weight is 559 g/mol. The highest BCUT2D eigenvalue weighted by atomic mass is 16.2. The number of carbonyl (C=O) groups is 2. The third-order valence-corrected chi connectivity index (χ3v) is 8.56. The molecular weight excluding hydrogens is 520 g/mol. The molecular formula is C36H38N4O2. The first kappa shape index (κ1) is 27.8. The van der Waals surface area contributed by atoms with E-state index in [0.717, 1.165) is 90.8 Å². The predicted octanol–water partition coefficient (Wildman–Crippen LogP) is 8.52. The molecule has 0 atom stereocenters. The van der Waals surface area contributed by atoms with E-state index in [0.29, 0.717) is 5.82 Å². The molecule has 2 amide bonds. The molecule has 1 aromatic heterocycles. The molecule has 1 heterocycles. The van der Waals surface area contributed by atoms with Crippen molar-refractivity contribution in [3.63, 3.8) is 0 Å². The number of carbonyl (C=O) groups excluding carboxylic acids is 2. The van der Waals surface area contributed by atoms with Crippen LogP contribution in [0.25, 0.3) is 33.9 Å². The zero-order valence-electron chi connectivity index (χ0n) is 24.0. The second kappa shape index (κ2) is 13.1. The first-order valence-corrected chi connectivity index (χ1v) is 15.4. The van der Waals surface area contributed by atoms with Crippen LogP contribution >= 0.6 is 0 Å². The fourth-order valence-electron chi connectivity index (χ4n) is 6.19. The van der Waals surface area contributed by atoms with Crippen molar-refractivity contribution in [2.75, 3.05) is 10.6 Å². The number of hydrogen-bond acceptors (Lipinski definition) is 4. The number of aromatic nitrogens is 2. The van der Waals surface area contributed by atoms with E-state index in [9.17, 15) is 9.59 Å². The fraction of sp³-hybridized carbons (Fsp3) is 0.333. The zero-order chi connectivity index (χ0) is 28.7. The molecule has 0 radical (unpaired) electrons. The Bertz CT molecular complexity index is 1450. The van der Waals surface area contributed by atoms with E-state index < -0.39 is 0 Å². The maximum absolute atomic E-state index is 12.9. The van der Waals surface area contributed by atoms with Crippen molar-refractivity contribution in [2.24, 2.45) is 11.8 Å². The second-order valence-electron chi connectivity index (χ2n) is 11.6. The SMILES string of the molecule is O=C(Nc1cccc(-c2cc(-c3cccc(NC(=O)C4CCCCC4)c3)nc(-c3ccccc3)n2)c1)C1CCCCC1. The maximum atomic E-state index is 12.9. The zero-order valence-corrected chi connectivity index (χ0v) is 24.0. The quantitative estimate of drug-likeness (QED) is 0.238. The molecule has 2 fully saturated rings. The highest BCUT2D eigenvalue weighted by molar-refractivity contribution is 5.94. The largest absolute Gasteiger partial charge is 0.326 e. The molecule has 2 aliphatic rings. The van der Waals surface area contributed by atoms with Gasteiger partial charge in [-0.15, -0.1) is 0 Å². The molecule has 6 rings (SSSR count). The van der Waals surface area contributed by atoms with Gasteiger partial charge in [-0.3, -0.25) is 9.59 Å². The number of hydrogen-bond donors (Lipinski definition) is 2. The molecule has 0 unspecified atom stereocenters. The Morgan fingerprint density at radius 1 is 0.524 bits per heavy atom. The van der Waals surface area contributed by atoms with Gasteiger partial charge >= 0.3 is 0 Å². The Kier molecular flexibility index (Phi) is 8.69. The number of anilines is 2. The lowest BCUT2D eigenvalue weighted by molar-refractivity contribution is -0.121. The summed E-state index contributed by atoms with van der Waals surface area (Å²) < 4.78 is 0. The summed E-state index contributed by atoms with van der Waals surface area (Å²) in [7, 11) is 0. The molecule has 4 aromatic rings. The standard InChI is InChI=1S/C36H38N4O2/c41-35(26-14-6-2-7-15-26)37-30-20-10-18-28(22-30)32-24-33(40-34(39-32)25-12-4-1-5-13-25)29-19-11-21-31(23-29)38-36(42)27-16-8-3-9-17-27/h1,4-5,10-13,18-24,26-27H,2-3,6-9,14-17H2,(H,37,41)(H,38,42). The summed E-state index contributed by atoms with van der Waals surface area (Å²) in [5.41, 5.74) is 5.81. The number of nitrogens with zero attached hydrogens (tertiary/aromatic N) is 2. The highest BCUT2D eigenvalue weighted by Crippen LogP contribution is 2.31. The third kappa shape index (κ3) is 6.76. The van der Waals surface area contributed by atoms with Crippen LogP contribution in [-0.2, 0) is 9.59 Å². The summed E-state index contributed by atoms with van der Waals surface area (Å²) in [6.45, 7) is 0. The van der Waals surface area contributed by atoms with Gasteiger partial charge in [-0.1, -0.05) is 93.1 Å². The van der Waals surface area contributed by atoms with Crippen LogP contribution in [-0.4, -0.2) is 21.8 Å². The Morgan fingerprint density at radius 2 is 0.976 bits per heavy atom. The Labute approximate surface area is 248 Å². The summed E-state index contributed by atoms with van der Waals surface area (Å²) in [6.07, 6.45) is 10.8. The van der Waals surface area contributed by atoms with E-state index in [1.165, 1.54) is 12.8 Å². The molecule has 6 heteroatoms. The van der Waals surface area contributed by atoms with Crippen molar-refractivity contribution in [3.05, 3.63) is 84.9 Å². The normalized spacial score (nSPS) is 16.1. The van der Waals surface area contributed by atoms with Crippen LogP contribution in [0.15, 0.2) is 84.9 Å². The van der Waals surface area contributed by atoms with Crippen LogP contribution in [0.3, 0.4) is 0 Å². The van der Waals surface area contributed by atoms with Gasteiger partial charge in [-0.2, -0.15) is 0 Å². The molecule has 214 valence electrons. The van der Waals surface area contributed by atoms with Crippen molar-refractivity contribution in [1.29, 1.82) is 0 Å². The van der Waals surface area contributed by atoms with Crippen LogP contribution < -0.4 is 10.6 Å². The van der Waals surface area contributed by atoms with Crippen LogP contribution in [0.2, 0.25) is 0 Å². The van der Waals surface area contributed by atoms with Gasteiger partial charge < -0.3 is 10.6 Å². The number of benzene rings is 3. The van der Waals surface area contributed by atoms with Gasteiger partial charge in [0, 0.05) is 39.9 Å². The molecule has 3 aromatic carbocycles. The molecule has 2 N–H and O–H groups in total. The van der Waals surface area contributed by atoms with Gasteiger partial charge in [-0.05, 0) is 56.0 Å². The summed E-state index contributed by atoms with van der Waals surface area (Å²) in [5.74, 6) is 1.00. The fourth-order valence-corrected chi connectivity index (χ4v) is 6.19. The van der Waals surface area contributed by atoms with Crippen molar-refractivity contribution in [3.8, 4) is 33.9 Å². The smallest absolute Gasteiger partial charge is 0.227 e. The van der Waals surface area contributed by atoms with E-state index in [2.05, 4.69) is 10.6 Å². The lowest BCUT2D eigenvalue weighted by atomic mass is 9.88. The van der Waals surface area contributed by atoms with Gasteiger partial charge in [0.2, 0.25) is 11.8 Å². The van der Waals surface area contributed by atoms with Crippen LogP contribution in [0, 0.1) is 11.8 Å². The van der Waals surface area contributed by atoms with Gasteiger partial charge in [0.25, 0.3) is 0 Å². The molecule has 42 heavy (non-hydrogen) atoms. The van der Waals surface area contributed by atoms with E-state index >= 15 is 0 Å². The summed E-state index contributed by atoms with van der Waals surface area (Å²) in [6, 6.07) is 27.7. The van der Waals surface area contributed by atoms with Crippen LogP contribution in [0.5, 0.6) is 0 Å². The molecule has 2 aliphatic carbocycles. The van der Waals surface area contributed by atoms with Crippen molar-refractivity contribution >= 4 is 23.2 Å². The molecule has 0 saturated heterocycles. The third-order valence-electron chi connectivity index (χ3n) is 8.56. The molecule has 2 saturated carbocycles. The van der Waals surface area contributed by atoms with Crippen molar-refractivity contribution < 1.29 is 9.59 Å². The average Bonchev–Trinajstić information content (AvgIpc) is 3.06. The van der Waals surface area contributed by atoms with Gasteiger partial charge in [0.05, 0.1) is 11.4 Å². The number of amides is 2. The molecule has 0 aliphatic heterocycles. The predicted molar refractivity (Wildman–Crippen MR) is 169 cm³/mol. The molecule has 0 spiro atoms. The van der Waals surface area contributed by atoms with Gasteiger partial charge in [0.1, 0.15) is 0 Å². The molecule has 6 nitrogen and oxygen atoms in total. The van der Waals surface area contributed by atoms with E-state index in [1.54, 1.807) is 0 Å². The Balaban J connectivity index is 1.31. The first-order chi connectivity index (χ1) is 20.6. The summed E-state index contributed by atoms with van der Waals surface area (Å²) >= 11 is 0.